The van der Waals surface area contributed by atoms with Gasteiger partial charge in [0.2, 0.25) is 0 Å². The van der Waals surface area contributed by atoms with Crippen LogP contribution >= 0.6 is 0 Å². The molecule has 0 aliphatic rings. The molecular weight excluding hydrogens is 246 g/mol. The van der Waals surface area contributed by atoms with Gasteiger partial charge in [0, 0.05) is 6.04 Å². The van der Waals surface area contributed by atoms with E-state index in [2.05, 4.69) is 38.1 Å². The summed E-state index contributed by atoms with van der Waals surface area (Å²) in [6.07, 6.45) is 1.93. The number of ether oxygens (including phenoxy) is 1. The van der Waals surface area contributed by atoms with Crippen molar-refractivity contribution < 1.29 is 4.74 Å². The van der Waals surface area contributed by atoms with Gasteiger partial charge in [-0.25, -0.2) is 0 Å². The van der Waals surface area contributed by atoms with E-state index in [1.54, 1.807) is 0 Å². The fourth-order valence-electron chi connectivity index (χ4n) is 2.10. The van der Waals surface area contributed by atoms with E-state index in [-0.39, 0.29) is 6.04 Å². The summed E-state index contributed by atoms with van der Waals surface area (Å²) in [5.41, 5.74) is 9.72. The van der Waals surface area contributed by atoms with E-state index in [0.29, 0.717) is 6.61 Å². The second kappa shape index (κ2) is 7.11. The average molecular weight is 269 g/mol. The molecule has 20 heavy (non-hydrogen) atoms. The number of nitrogens with two attached hydrogens (primary N) is 1. The van der Waals surface area contributed by atoms with Crippen molar-refractivity contribution in [2.75, 3.05) is 0 Å². The Morgan fingerprint density at radius 2 is 1.75 bits per heavy atom. The summed E-state index contributed by atoms with van der Waals surface area (Å²) in [6, 6.07) is 16.8. The van der Waals surface area contributed by atoms with Crippen LogP contribution in [-0.4, -0.2) is 6.04 Å². The Balaban J connectivity index is 1.92. The van der Waals surface area contributed by atoms with Crippen LogP contribution in [-0.2, 0) is 13.0 Å². The summed E-state index contributed by atoms with van der Waals surface area (Å²) >= 11 is 0. The topological polar surface area (TPSA) is 35.2 Å². The number of hydrogen-bond donors (Lipinski definition) is 1. The molecule has 2 rings (SSSR count). The van der Waals surface area contributed by atoms with Crippen molar-refractivity contribution in [3.8, 4) is 5.75 Å². The van der Waals surface area contributed by atoms with Crippen LogP contribution in [0.4, 0.5) is 0 Å². The zero-order valence-corrected chi connectivity index (χ0v) is 12.3. The van der Waals surface area contributed by atoms with Crippen LogP contribution in [0.1, 0.15) is 30.0 Å². The van der Waals surface area contributed by atoms with Gasteiger partial charge in [0.05, 0.1) is 0 Å². The van der Waals surface area contributed by atoms with Crippen molar-refractivity contribution in [2.45, 2.75) is 39.3 Å². The number of benzene rings is 2. The highest BCUT2D eigenvalue weighted by Crippen LogP contribution is 2.16. The SMILES string of the molecule is CCC(N)Cc1ccc(OCc2ccccc2C)cc1. The van der Waals surface area contributed by atoms with Crippen LogP contribution < -0.4 is 10.5 Å². The number of hydrogen-bond acceptors (Lipinski definition) is 2. The second-order valence-electron chi connectivity index (χ2n) is 5.23. The van der Waals surface area contributed by atoms with Gasteiger partial charge in [-0.15, -0.1) is 0 Å². The van der Waals surface area contributed by atoms with E-state index < -0.39 is 0 Å². The first-order valence-electron chi connectivity index (χ1n) is 7.21. The quantitative estimate of drug-likeness (QED) is 0.864. The Kier molecular flexibility index (Phi) is 5.19. The van der Waals surface area contributed by atoms with Gasteiger partial charge in [-0.1, -0.05) is 43.3 Å². The van der Waals surface area contributed by atoms with Crippen LogP contribution in [0.15, 0.2) is 48.5 Å². The molecular formula is C18H23NO. The van der Waals surface area contributed by atoms with Crippen molar-refractivity contribution >= 4 is 0 Å². The molecule has 0 spiro atoms. The van der Waals surface area contributed by atoms with Crippen molar-refractivity contribution in [3.05, 3.63) is 65.2 Å². The van der Waals surface area contributed by atoms with Crippen molar-refractivity contribution in [2.24, 2.45) is 5.73 Å². The number of aryl methyl sites for hydroxylation is 1. The molecule has 0 amide bonds. The third-order valence-corrected chi connectivity index (χ3v) is 3.60. The van der Waals surface area contributed by atoms with Crippen molar-refractivity contribution in [1.82, 2.24) is 0 Å². The smallest absolute Gasteiger partial charge is 0.119 e. The predicted molar refractivity (Wildman–Crippen MR) is 83.9 cm³/mol. The van der Waals surface area contributed by atoms with Gasteiger partial charge in [0.1, 0.15) is 12.4 Å². The fourth-order valence-corrected chi connectivity index (χ4v) is 2.10. The maximum Gasteiger partial charge on any atom is 0.119 e. The zero-order chi connectivity index (χ0) is 14.4. The summed E-state index contributed by atoms with van der Waals surface area (Å²) in [4.78, 5) is 0. The highest BCUT2D eigenvalue weighted by molar-refractivity contribution is 5.29. The third kappa shape index (κ3) is 4.10. The summed E-state index contributed by atoms with van der Waals surface area (Å²) < 4.78 is 5.83. The minimum atomic E-state index is 0.244. The lowest BCUT2D eigenvalue weighted by molar-refractivity contribution is 0.305. The first-order chi connectivity index (χ1) is 9.69. The van der Waals surface area contributed by atoms with Crippen LogP contribution in [0.2, 0.25) is 0 Å². The van der Waals surface area contributed by atoms with Crippen molar-refractivity contribution in [1.29, 1.82) is 0 Å². The van der Waals surface area contributed by atoms with Crippen LogP contribution in [0, 0.1) is 6.92 Å². The van der Waals surface area contributed by atoms with Gasteiger partial charge >= 0.3 is 0 Å². The van der Waals surface area contributed by atoms with E-state index in [9.17, 15) is 0 Å². The minimum Gasteiger partial charge on any atom is -0.489 e. The first kappa shape index (κ1) is 14.6. The molecule has 0 saturated heterocycles. The summed E-state index contributed by atoms with van der Waals surface area (Å²) in [6.45, 7) is 4.83. The molecule has 0 saturated carbocycles. The molecule has 2 N–H and O–H groups in total. The summed E-state index contributed by atoms with van der Waals surface area (Å²) in [7, 11) is 0. The summed E-state index contributed by atoms with van der Waals surface area (Å²) in [5, 5.41) is 0. The van der Waals surface area contributed by atoms with Gasteiger partial charge in [0.25, 0.3) is 0 Å². The normalized spacial score (nSPS) is 12.2. The molecule has 0 bridgehead atoms. The van der Waals surface area contributed by atoms with Crippen molar-refractivity contribution in [3.63, 3.8) is 0 Å². The molecule has 0 aromatic heterocycles. The molecule has 2 aromatic carbocycles. The van der Waals surface area contributed by atoms with E-state index in [1.807, 2.05) is 24.3 Å². The third-order valence-electron chi connectivity index (χ3n) is 3.60. The molecule has 0 radical (unpaired) electrons. The molecule has 1 atom stereocenters. The van der Waals surface area contributed by atoms with E-state index in [0.717, 1.165) is 18.6 Å². The van der Waals surface area contributed by atoms with E-state index in [4.69, 9.17) is 10.5 Å². The molecule has 0 heterocycles. The standard InChI is InChI=1S/C18H23NO/c1-3-17(19)12-15-8-10-18(11-9-15)20-13-16-7-5-4-6-14(16)2/h4-11,17H,3,12-13,19H2,1-2H3. The zero-order valence-electron chi connectivity index (χ0n) is 12.3. The lowest BCUT2D eigenvalue weighted by atomic mass is 10.0. The Bertz CT molecular complexity index is 533. The lowest BCUT2D eigenvalue weighted by Gasteiger charge is -2.11. The van der Waals surface area contributed by atoms with Gasteiger partial charge in [0.15, 0.2) is 0 Å². The molecule has 0 fully saturated rings. The van der Waals surface area contributed by atoms with Crippen LogP contribution in [0.5, 0.6) is 5.75 Å². The molecule has 2 heteroatoms. The second-order valence-corrected chi connectivity index (χ2v) is 5.23. The fraction of sp³-hybridized carbons (Fsp3) is 0.333. The average Bonchev–Trinajstić information content (AvgIpc) is 2.48. The highest BCUT2D eigenvalue weighted by atomic mass is 16.5. The predicted octanol–water partition coefficient (Wildman–Crippen LogP) is 3.85. The molecule has 2 nitrogen and oxygen atoms in total. The molecule has 2 aromatic rings. The molecule has 1 unspecified atom stereocenters. The van der Waals surface area contributed by atoms with E-state index >= 15 is 0 Å². The lowest BCUT2D eigenvalue weighted by Crippen LogP contribution is -2.21. The highest BCUT2D eigenvalue weighted by Gasteiger charge is 2.02. The largest absolute Gasteiger partial charge is 0.489 e. The van der Waals surface area contributed by atoms with Gasteiger partial charge in [-0.3, -0.25) is 0 Å². The first-order valence-corrected chi connectivity index (χ1v) is 7.21. The minimum absolute atomic E-state index is 0.244. The Morgan fingerprint density at radius 3 is 2.40 bits per heavy atom. The Labute approximate surface area is 121 Å². The summed E-state index contributed by atoms with van der Waals surface area (Å²) in [5.74, 6) is 0.905. The monoisotopic (exact) mass is 269 g/mol. The number of rotatable bonds is 6. The van der Waals surface area contributed by atoms with Gasteiger partial charge in [-0.05, 0) is 48.6 Å². The molecule has 106 valence electrons. The molecule has 0 aliphatic heterocycles. The molecule has 0 aliphatic carbocycles. The van der Waals surface area contributed by atoms with Gasteiger partial charge in [-0.2, -0.15) is 0 Å². The van der Waals surface area contributed by atoms with Crippen LogP contribution in [0.25, 0.3) is 0 Å². The Morgan fingerprint density at radius 1 is 1.05 bits per heavy atom. The van der Waals surface area contributed by atoms with Gasteiger partial charge < -0.3 is 10.5 Å². The maximum absolute atomic E-state index is 5.96. The van der Waals surface area contributed by atoms with Crippen LogP contribution in [0.3, 0.4) is 0 Å². The Hall–Kier alpha value is -1.80. The maximum atomic E-state index is 5.96. The van der Waals surface area contributed by atoms with E-state index in [1.165, 1.54) is 16.7 Å².